The fourth-order valence-electron chi connectivity index (χ4n) is 3.11. The number of nitrogens with one attached hydrogen (secondary N) is 2. The van der Waals surface area contributed by atoms with Gasteiger partial charge in [-0.3, -0.25) is 14.6 Å². The molecular formula is C20H23BrN4O3. The number of rotatable bonds is 5. The van der Waals surface area contributed by atoms with Crippen LogP contribution in [0.15, 0.2) is 32.5 Å². The zero-order chi connectivity index (χ0) is 20.3. The molecule has 28 heavy (non-hydrogen) atoms. The topological polar surface area (TPSA) is 96.6 Å². The Morgan fingerprint density at radius 1 is 1.32 bits per heavy atom. The summed E-state index contributed by atoms with van der Waals surface area (Å²) in [5, 5.41) is 7.26. The molecule has 0 fully saturated rings. The van der Waals surface area contributed by atoms with Crippen molar-refractivity contribution >= 4 is 33.5 Å². The number of aromatic nitrogens is 1. The second-order valence-electron chi connectivity index (χ2n) is 6.88. The zero-order valence-corrected chi connectivity index (χ0v) is 17.7. The molecular weight excluding hydrogens is 424 g/mol. The molecule has 2 aromatic heterocycles. The first kappa shape index (κ1) is 20.3. The maximum Gasteiger partial charge on any atom is 0.287 e. The number of carbonyl (C=O) groups excluding carboxylic acids is 2. The summed E-state index contributed by atoms with van der Waals surface area (Å²) < 4.78 is 6.58. The van der Waals surface area contributed by atoms with Crippen molar-refractivity contribution in [2.75, 3.05) is 0 Å². The fraction of sp³-hybridized carbons (Fsp3) is 0.400. The first-order valence-electron chi connectivity index (χ1n) is 9.31. The molecule has 3 rings (SSSR count). The Bertz CT molecular complexity index is 936. The number of amides is 2. The molecule has 2 N–H and O–H groups in total. The summed E-state index contributed by atoms with van der Waals surface area (Å²) in [5.74, 6) is 0.506. The van der Waals surface area contributed by atoms with Crippen LogP contribution in [0.25, 0.3) is 0 Å². The third-order valence-corrected chi connectivity index (χ3v) is 5.21. The molecule has 2 amide bonds. The molecule has 1 aliphatic rings. The first-order chi connectivity index (χ1) is 13.4. The molecule has 0 aliphatic heterocycles. The number of hydrazone groups is 1. The van der Waals surface area contributed by atoms with Crippen LogP contribution in [-0.4, -0.2) is 28.6 Å². The van der Waals surface area contributed by atoms with Gasteiger partial charge in [-0.2, -0.15) is 5.10 Å². The summed E-state index contributed by atoms with van der Waals surface area (Å²) >= 11 is 3.30. The van der Waals surface area contributed by atoms with E-state index in [0.29, 0.717) is 17.7 Å². The molecule has 0 saturated heterocycles. The van der Waals surface area contributed by atoms with Crippen LogP contribution in [-0.2, 0) is 6.42 Å². The van der Waals surface area contributed by atoms with Gasteiger partial charge in [0.15, 0.2) is 5.76 Å². The molecule has 7 nitrogen and oxygen atoms in total. The van der Waals surface area contributed by atoms with Crippen LogP contribution in [0.2, 0.25) is 0 Å². The summed E-state index contributed by atoms with van der Waals surface area (Å²) in [4.78, 5) is 28.8. The van der Waals surface area contributed by atoms with E-state index in [-0.39, 0.29) is 17.9 Å². The largest absolute Gasteiger partial charge is 0.455 e. The molecule has 0 radical (unpaired) electrons. The Morgan fingerprint density at radius 3 is 2.82 bits per heavy atom. The third kappa shape index (κ3) is 4.32. The smallest absolute Gasteiger partial charge is 0.287 e. The van der Waals surface area contributed by atoms with Gasteiger partial charge >= 0.3 is 0 Å². The van der Waals surface area contributed by atoms with Crippen molar-refractivity contribution in [3.05, 3.63) is 51.1 Å². The van der Waals surface area contributed by atoms with Gasteiger partial charge in [0.25, 0.3) is 11.8 Å². The number of pyridine rings is 1. The molecule has 0 bridgehead atoms. The first-order valence-corrected chi connectivity index (χ1v) is 10.1. The number of nitrogens with zero attached hydrogens (tertiary/aromatic N) is 2. The van der Waals surface area contributed by atoms with Gasteiger partial charge < -0.3 is 9.73 Å². The summed E-state index contributed by atoms with van der Waals surface area (Å²) in [6.45, 7) is 5.82. The SMILES string of the molecule is CCC(C)NC(=O)c1oc2c(c1C)/C(=N/NC(=O)c1cncc(Br)c1)CCC2. The van der Waals surface area contributed by atoms with Gasteiger partial charge in [-0.05, 0) is 55.1 Å². The summed E-state index contributed by atoms with van der Waals surface area (Å²) in [6, 6.07) is 1.75. The molecule has 1 aliphatic carbocycles. The highest BCUT2D eigenvalue weighted by Crippen LogP contribution is 2.30. The minimum Gasteiger partial charge on any atom is -0.455 e. The molecule has 8 heteroatoms. The monoisotopic (exact) mass is 446 g/mol. The number of hydrogen-bond donors (Lipinski definition) is 2. The highest BCUT2D eigenvalue weighted by molar-refractivity contribution is 9.10. The summed E-state index contributed by atoms with van der Waals surface area (Å²) in [7, 11) is 0. The van der Waals surface area contributed by atoms with E-state index in [2.05, 4.69) is 36.8 Å². The molecule has 2 aromatic rings. The number of carbonyl (C=O) groups is 2. The van der Waals surface area contributed by atoms with E-state index in [4.69, 9.17) is 4.42 Å². The minimum absolute atomic E-state index is 0.0697. The van der Waals surface area contributed by atoms with Crippen LogP contribution < -0.4 is 10.7 Å². The van der Waals surface area contributed by atoms with Crippen molar-refractivity contribution < 1.29 is 14.0 Å². The standard InChI is InChI=1S/C20H23BrN4O3/c1-4-11(2)23-20(27)18-12(3)17-15(6-5-7-16(17)28-18)24-25-19(26)13-8-14(21)10-22-9-13/h8-11H,4-7H2,1-3H3,(H,23,27)(H,25,26)/b24-15+. The average Bonchev–Trinajstić information content (AvgIpc) is 3.03. The van der Waals surface area contributed by atoms with Crippen LogP contribution in [0.4, 0.5) is 0 Å². The predicted octanol–water partition coefficient (Wildman–Crippen LogP) is 3.74. The Balaban J connectivity index is 1.83. The second-order valence-corrected chi connectivity index (χ2v) is 7.80. The Labute approximate surface area is 172 Å². The minimum atomic E-state index is -0.343. The Kier molecular flexibility index (Phi) is 6.28. The van der Waals surface area contributed by atoms with Crippen LogP contribution in [0.3, 0.4) is 0 Å². The van der Waals surface area contributed by atoms with E-state index < -0.39 is 0 Å². The lowest BCUT2D eigenvalue weighted by Crippen LogP contribution is -2.32. The predicted molar refractivity (Wildman–Crippen MR) is 110 cm³/mol. The maximum atomic E-state index is 12.5. The zero-order valence-electron chi connectivity index (χ0n) is 16.1. The van der Waals surface area contributed by atoms with Gasteiger partial charge in [0.2, 0.25) is 0 Å². The number of fused-ring (bicyclic) bond motifs is 1. The third-order valence-electron chi connectivity index (χ3n) is 4.78. The van der Waals surface area contributed by atoms with E-state index >= 15 is 0 Å². The number of hydrogen-bond acceptors (Lipinski definition) is 5. The summed E-state index contributed by atoms with van der Waals surface area (Å²) in [6.07, 6.45) is 6.23. The normalized spacial score (nSPS) is 15.8. The highest BCUT2D eigenvalue weighted by Gasteiger charge is 2.28. The van der Waals surface area contributed by atoms with Crippen LogP contribution in [0, 0.1) is 6.92 Å². The molecule has 1 atom stereocenters. The lowest BCUT2D eigenvalue weighted by atomic mass is 9.93. The Hall–Kier alpha value is -2.48. The molecule has 2 heterocycles. The molecule has 148 valence electrons. The quantitative estimate of drug-likeness (QED) is 0.683. The van der Waals surface area contributed by atoms with Crippen LogP contribution in [0.5, 0.6) is 0 Å². The second kappa shape index (κ2) is 8.68. The van der Waals surface area contributed by atoms with Gasteiger partial charge in [0, 0.05) is 40.5 Å². The fourth-order valence-corrected chi connectivity index (χ4v) is 3.47. The highest BCUT2D eigenvalue weighted by atomic mass is 79.9. The van der Waals surface area contributed by atoms with Crippen molar-refractivity contribution in [1.82, 2.24) is 15.7 Å². The van der Waals surface area contributed by atoms with E-state index in [1.807, 2.05) is 20.8 Å². The van der Waals surface area contributed by atoms with E-state index in [1.165, 1.54) is 6.20 Å². The molecule has 0 spiro atoms. The molecule has 0 saturated carbocycles. The number of aryl methyl sites for hydroxylation is 1. The van der Waals surface area contributed by atoms with Gasteiger partial charge in [0.1, 0.15) is 5.76 Å². The van der Waals surface area contributed by atoms with Crippen molar-refractivity contribution in [3.63, 3.8) is 0 Å². The van der Waals surface area contributed by atoms with Gasteiger partial charge in [-0.15, -0.1) is 0 Å². The van der Waals surface area contributed by atoms with Crippen LogP contribution >= 0.6 is 15.9 Å². The van der Waals surface area contributed by atoms with Gasteiger partial charge in [0.05, 0.1) is 11.3 Å². The van der Waals surface area contributed by atoms with Gasteiger partial charge in [-0.1, -0.05) is 6.92 Å². The van der Waals surface area contributed by atoms with E-state index in [1.54, 1.807) is 12.3 Å². The Morgan fingerprint density at radius 2 is 2.11 bits per heavy atom. The van der Waals surface area contributed by atoms with Crippen molar-refractivity contribution in [2.24, 2.45) is 5.10 Å². The van der Waals surface area contributed by atoms with E-state index in [9.17, 15) is 9.59 Å². The lowest BCUT2D eigenvalue weighted by molar-refractivity contribution is 0.0907. The van der Waals surface area contributed by atoms with Crippen molar-refractivity contribution in [3.8, 4) is 0 Å². The van der Waals surface area contributed by atoms with Crippen molar-refractivity contribution in [2.45, 2.75) is 52.5 Å². The maximum absolute atomic E-state index is 12.5. The summed E-state index contributed by atoms with van der Waals surface area (Å²) in [5.41, 5.74) is 5.31. The average molecular weight is 447 g/mol. The van der Waals surface area contributed by atoms with E-state index in [0.717, 1.165) is 46.3 Å². The lowest BCUT2D eigenvalue weighted by Gasteiger charge is -2.13. The van der Waals surface area contributed by atoms with Crippen LogP contribution in [0.1, 0.15) is 70.9 Å². The molecule has 1 unspecified atom stereocenters. The molecule has 0 aromatic carbocycles. The van der Waals surface area contributed by atoms with Crippen molar-refractivity contribution in [1.29, 1.82) is 0 Å². The van der Waals surface area contributed by atoms with Gasteiger partial charge in [-0.25, -0.2) is 5.43 Å². The number of furan rings is 1. The number of halogens is 1.